The Bertz CT molecular complexity index is 1900. The fourth-order valence-electron chi connectivity index (χ4n) is 4.65. The molecule has 0 aliphatic heterocycles. The van der Waals surface area contributed by atoms with Crippen LogP contribution in [0.5, 0.6) is 0 Å². The van der Waals surface area contributed by atoms with Crippen LogP contribution >= 0.6 is 0 Å². The molecule has 46 heavy (non-hydrogen) atoms. The Hall–Kier alpha value is -4.65. The van der Waals surface area contributed by atoms with Gasteiger partial charge in [-0.1, -0.05) is 13.0 Å². The van der Waals surface area contributed by atoms with E-state index in [0.29, 0.717) is 18.2 Å². The van der Waals surface area contributed by atoms with Crippen LogP contribution in [0.2, 0.25) is 0 Å². The van der Waals surface area contributed by atoms with Crippen LogP contribution in [-0.2, 0) is 34.4 Å². The zero-order valence-electron chi connectivity index (χ0n) is 24.1. The summed E-state index contributed by atoms with van der Waals surface area (Å²) in [7, 11) is -1.44. The van der Waals surface area contributed by atoms with Gasteiger partial charge in [0.05, 0.1) is 40.7 Å². The predicted octanol–water partition coefficient (Wildman–Crippen LogP) is 5.73. The van der Waals surface area contributed by atoms with Crippen LogP contribution in [0.4, 0.5) is 30.7 Å². The van der Waals surface area contributed by atoms with Gasteiger partial charge in [-0.15, -0.1) is 0 Å². The number of carbonyl (C=O) groups is 1. The van der Waals surface area contributed by atoms with E-state index in [4.69, 9.17) is 0 Å². The summed E-state index contributed by atoms with van der Waals surface area (Å²) in [5.41, 5.74) is -4.17. The van der Waals surface area contributed by atoms with Crippen molar-refractivity contribution < 1.29 is 39.7 Å². The quantitative estimate of drug-likeness (QED) is 0.211. The van der Waals surface area contributed by atoms with E-state index in [-0.39, 0.29) is 46.1 Å². The molecule has 0 spiro atoms. The van der Waals surface area contributed by atoms with Crippen molar-refractivity contribution in [2.75, 3.05) is 18.1 Å². The molecule has 2 unspecified atom stereocenters. The monoisotopic (exact) mass is 667 g/mol. The molecule has 8 nitrogen and oxygen atoms in total. The Balaban J connectivity index is 1.89. The topological polar surface area (TPSA) is 109 Å². The summed E-state index contributed by atoms with van der Waals surface area (Å²) in [6.07, 6.45) is -10.6. The highest BCUT2D eigenvalue weighted by molar-refractivity contribution is 7.84. The molecular formula is C30H24F7N5O3S. The van der Waals surface area contributed by atoms with Gasteiger partial charge in [-0.25, -0.2) is 14.4 Å². The first-order chi connectivity index (χ1) is 21.5. The first-order valence-electron chi connectivity index (χ1n) is 13.6. The largest absolute Gasteiger partial charge is 0.433 e. The molecule has 2 atom stereocenters. The standard InChI is InChI=1S/C30H24F7N5O3S/c1-3-46(45)13-12-41(25(43)15-19-6-10-23(31)22(14-19)29(32,33)34)17(2)27-40-26-21(9-11-24(39-26)30(35,36)37)28(44)42(27)20-7-4-18(16-38)5-8-20/h4-11,14,17H,3,12-13,15H2,1-2H3. The number of alkyl halides is 6. The van der Waals surface area contributed by atoms with Gasteiger partial charge in [-0.2, -0.15) is 31.6 Å². The molecule has 4 aromatic rings. The minimum absolute atomic E-state index is 0.0883. The summed E-state index contributed by atoms with van der Waals surface area (Å²) >= 11 is 0. The first kappa shape index (κ1) is 34.2. The minimum atomic E-state index is -5.04. The molecule has 1 amide bonds. The number of hydrogen-bond donors (Lipinski definition) is 0. The molecule has 2 aromatic heterocycles. The third-order valence-corrected chi connectivity index (χ3v) is 8.32. The maximum Gasteiger partial charge on any atom is 0.433 e. The number of rotatable bonds is 9. The maximum atomic E-state index is 13.9. The summed E-state index contributed by atoms with van der Waals surface area (Å²) in [6.45, 7) is 2.77. The van der Waals surface area contributed by atoms with E-state index in [1.165, 1.54) is 31.2 Å². The SMILES string of the molecule is CCS(=O)CCN(C(=O)Cc1ccc(F)c(C(F)(F)F)c1)C(C)c1nc2nc(C(F)(F)F)ccc2c(=O)n1-c1ccc(C#N)cc1. The molecule has 0 radical (unpaired) electrons. The number of amides is 1. The Morgan fingerprint density at radius 3 is 2.28 bits per heavy atom. The van der Waals surface area contributed by atoms with E-state index in [9.17, 15) is 49.8 Å². The van der Waals surface area contributed by atoms with Gasteiger partial charge in [0.2, 0.25) is 5.91 Å². The number of aromatic nitrogens is 3. The zero-order valence-corrected chi connectivity index (χ0v) is 24.9. The normalized spacial score (nSPS) is 13.3. The third kappa shape index (κ3) is 7.41. The fourth-order valence-corrected chi connectivity index (χ4v) is 5.34. The molecule has 0 bridgehead atoms. The highest BCUT2D eigenvalue weighted by atomic mass is 32.2. The summed E-state index contributed by atoms with van der Waals surface area (Å²) in [6, 6.07) is 9.80. The summed E-state index contributed by atoms with van der Waals surface area (Å²) in [5.74, 6) is -2.50. The first-order valence-corrected chi connectivity index (χ1v) is 15.1. The third-order valence-electron chi connectivity index (χ3n) is 7.04. The van der Waals surface area contributed by atoms with E-state index >= 15 is 0 Å². The van der Waals surface area contributed by atoms with Crippen LogP contribution in [0.15, 0.2) is 59.4 Å². The Morgan fingerprint density at radius 1 is 1.02 bits per heavy atom. The number of pyridine rings is 1. The molecule has 16 heteroatoms. The Kier molecular flexibility index (Phi) is 9.95. The molecule has 0 fully saturated rings. The molecular weight excluding hydrogens is 643 g/mol. The van der Waals surface area contributed by atoms with Crippen molar-refractivity contribution in [3.63, 3.8) is 0 Å². The highest BCUT2D eigenvalue weighted by Crippen LogP contribution is 2.33. The molecule has 0 aliphatic carbocycles. The van der Waals surface area contributed by atoms with Crippen LogP contribution in [0, 0.1) is 17.1 Å². The van der Waals surface area contributed by atoms with Gasteiger partial charge < -0.3 is 4.90 Å². The number of halogens is 7. The van der Waals surface area contributed by atoms with Gasteiger partial charge in [0.1, 0.15) is 17.3 Å². The van der Waals surface area contributed by atoms with Gasteiger partial charge in [-0.3, -0.25) is 18.4 Å². The van der Waals surface area contributed by atoms with E-state index in [1.54, 1.807) is 6.92 Å². The summed E-state index contributed by atoms with van der Waals surface area (Å²) in [4.78, 5) is 36.3. The zero-order chi connectivity index (χ0) is 34.0. The lowest BCUT2D eigenvalue weighted by molar-refractivity contribution is -0.141. The van der Waals surface area contributed by atoms with Crippen molar-refractivity contribution in [2.45, 2.75) is 38.7 Å². The van der Waals surface area contributed by atoms with Crippen LogP contribution in [0.1, 0.15) is 48.1 Å². The van der Waals surface area contributed by atoms with Crippen molar-refractivity contribution in [2.24, 2.45) is 0 Å². The van der Waals surface area contributed by atoms with Crippen LogP contribution in [0.25, 0.3) is 16.7 Å². The lowest BCUT2D eigenvalue weighted by Gasteiger charge is -2.30. The van der Waals surface area contributed by atoms with Crippen LogP contribution in [0.3, 0.4) is 0 Å². The Labute approximate surface area is 259 Å². The average Bonchev–Trinajstić information content (AvgIpc) is 3.00. The van der Waals surface area contributed by atoms with Gasteiger partial charge >= 0.3 is 12.4 Å². The van der Waals surface area contributed by atoms with E-state index in [1.807, 2.05) is 6.07 Å². The molecule has 0 aliphatic rings. The van der Waals surface area contributed by atoms with E-state index in [0.717, 1.165) is 21.6 Å². The van der Waals surface area contributed by atoms with Gasteiger partial charge in [0, 0.05) is 28.9 Å². The smallest absolute Gasteiger partial charge is 0.332 e. The van der Waals surface area contributed by atoms with Crippen molar-refractivity contribution in [1.29, 1.82) is 5.26 Å². The van der Waals surface area contributed by atoms with Crippen LogP contribution < -0.4 is 5.56 Å². The molecule has 0 saturated carbocycles. The molecule has 4 rings (SSSR count). The number of nitrogens with zero attached hydrogens (tertiary/aromatic N) is 5. The second-order valence-electron chi connectivity index (χ2n) is 10.0. The summed E-state index contributed by atoms with van der Waals surface area (Å²) < 4.78 is 108. The van der Waals surface area contributed by atoms with Gasteiger partial charge in [-0.05, 0) is 61.0 Å². The number of benzene rings is 2. The molecule has 0 N–H and O–H groups in total. The van der Waals surface area contributed by atoms with Gasteiger partial charge in [0.25, 0.3) is 5.56 Å². The maximum absolute atomic E-state index is 13.9. The van der Waals surface area contributed by atoms with Crippen molar-refractivity contribution in [1.82, 2.24) is 19.4 Å². The molecule has 242 valence electrons. The predicted molar refractivity (Wildman–Crippen MR) is 154 cm³/mol. The molecule has 0 saturated heterocycles. The minimum Gasteiger partial charge on any atom is -0.332 e. The second-order valence-corrected chi connectivity index (χ2v) is 11.9. The highest BCUT2D eigenvalue weighted by Gasteiger charge is 2.36. The van der Waals surface area contributed by atoms with E-state index in [2.05, 4.69) is 9.97 Å². The van der Waals surface area contributed by atoms with Gasteiger partial charge in [0.15, 0.2) is 5.65 Å². The van der Waals surface area contributed by atoms with Crippen molar-refractivity contribution in [3.8, 4) is 11.8 Å². The fraction of sp³-hybridized carbons (Fsp3) is 0.300. The molecule has 2 aromatic carbocycles. The van der Waals surface area contributed by atoms with Crippen molar-refractivity contribution >= 4 is 27.7 Å². The Morgan fingerprint density at radius 2 is 1.70 bits per heavy atom. The lowest BCUT2D eigenvalue weighted by atomic mass is 10.1. The number of carbonyl (C=O) groups excluding carboxylic acids is 1. The number of fused-ring (bicyclic) bond motifs is 1. The van der Waals surface area contributed by atoms with Crippen LogP contribution in [-0.4, -0.2) is 47.6 Å². The molecule has 2 heterocycles. The number of nitriles is 1. The number of hydrogen-bond acceptors (Lipinski definition) is 6. The second kappa shape index (κ2) is 13.4. The lowest BCUT2D eigenvalue weighted by Crippen LogP contribution is -2.40. The van der Waals surface area contributed by atoms with Crippen molar-refractivity contribution in [3.05, 3.63) is 99.0 Å². The summed E-state index contributed by atoms with van der Waals surface area (Å²) in [5, 5.41) is 8.91. The van der Waals surface area contributed by atoms with E-state index < -0.39 is 69.8 Å². The average molecular weight is 668 g/mol.